The van der Waals surface area contributed by atoms with Gasteiger partial charge in [-0.05, 0) is 43.2 Å². The average Bonchev–Trinajstić information content (AvgIpc) is 3.54. The topological polar surface area (TPSA) is 51.7 Å². The molecule has 1 spiro atoms. The van der Waals surface area contributed by atoms with E-state index in [1.54, 1.807) is 6.20 Å². The Labute approximate surface area is 152 Å². The molecular weight excluding hydrogens is 328 g/mol. The van der Waals surface area contributed by atoms with E-state index in [9.17, 15) is 4.79 Å². The highest BCUT2D eigenvalue weighted by Crippen LogP contribution is 2.40. The van der Waals surface area contributed by atoms with Crippen LogP contribution in [0.15, 0.2) is 42.6 Å². The Morgan fingerprint density at radius 1 is 1.15 bits per heavy atom. The number of carbonyl (C=O) groups is 1. The number of hydrogen-bond donors (Lipinski definition) is 0. The van der Waals surface area contributed by atoms with Gasteiger partial charge < -0.3 is 14.4 Å². The molecule has 2 fully saturated rings. The van der Waals surface area contributed by atoms with E-state index in [1.807, 2.05) is 35.2 Å². The lowest BCUT2D eigenvalue weighted by molar-refractivity contribution is -0.227. The minimum Gasteiger partial charge on any atom is -0.462 e. The van der Waals surface area contributed by atoms with E-state index in [2.05, 4.69) is 11.1 Å². The van der Waals surface area contributed by atoms with Gasteiger partial charge in [-0.3, -0.25) is 9.78 Å². The number of likely N-dealkylation sites (tertiary alicyclic amines) is 1. The predicted octanol–water partition coefficient (Wildman–Crippen LogP) is 3.39. The maximum atomic E-state index is 12.2. The number of benzene rings is 1. The molecule has 0 bridgehead atoms. The maximum Gasteiger partial charge on any atom is 0.225 e. The van der Waals surface area contributed by atoms with Gasteiger partial charge in [0, 0.05) is 49.2 Å². The number of carbonyl (C=O) groups excluding carboxylic acids is 1. The van der Waals surface area contributed by atoms with Crippen molar-refractivity contribution in [3.63, 3.8) is 0 Å². The highest BCUT2D eigenvalue weighted by atomic mass is 16.7. The fourth-order valence-corrected chi connectivity index (χ4v) is 3.83. The van der Waals surface area contributed by atoms with Gasteiger partial charge in [-0.2, -0.15) is 0 Å². The summed E-state index contributed by atoms with van der Waals surface area (Å²) < 4.78 is 12.4. The minimum atomic E-state index is -0.583. The van der Waals surface area contributed by atoms with E-state index in [0.29, 0.717) is 12.5 Å². The van der Waals surface area contributed by atoms with Gasteiger partial charge in [-0.25, -0.2) is 0 Å². The normalized spacial score (nSPS) is 21.2. The second kappa shape index (κ2) is 6.09. The van der Waals surface area contributed by atoms with Crippen LogP contribution < -0.4 is 4.74 Å². The van der Waals surface area contributed by atoms with Crippen molar-refractivity contribution in [3.05, 3.63) is 48.2 Å². The molecule has 0 unspecified atom stereocenters. The molecule has 26 heavy (non-hydrogen) atoms. The molecule has 3 heterocycles. The molecule has 1 saturated carbocycles. The standard InChI is InChI=1S/C21H22N2O3/c24-20(15-4-5-15)23-11-8-21(9-12-23)25-14-17-13-16(6-7-19(17)26-21)18-3-1-2-10-22-18/h1-3,6-7,10,13,15H,4-5,8-9,11-12,14H2. The van der Waals surface area contributed by atoms with Crippen LogP contribution in [0.25, 0.3) is 11.3 Å². The summed E-state index contributed by atoms with van der Waals surface area (Å²) in [6.45, 7) is 1.97. The first-order valence-electron chi connectivity index (χ1n) is 9.39. The zero-order valence-corrected chi connectivity index (χ0v) is 14.7. The van der Waals surface area contributed by atoms with Crippen molar-refractivity contribution in [1.29, 1.82) is 0 Å². The van der Waals surface area contributed by atoms with Crippen molar-refractivity contribution in [2.24, 2.45) is 5.92 Å². The van der Waals surface area contributed by atoms with Crippen LogP contribution in [-0.2, 0) is 16.1 Å². The van der Waals surface area contributed by atoms with E-state index < -0.39 is 5.79 Å². The Kier molecular flexibility index (Phi) is 3.71. The fourth-order valence-electron chi connectivity index (χ4n) is 3.83. The fraction of sp³-hybridized carbons (Fsp3) is 0.429. The first-order valence-corrected chi connectivity index (χ1v) is 9.39. The number of aromatic nitrogens is 1. The second-order valence-corrected chi connectivity index (χ2v) is 7.44. The molecule has 5 heteroatoms. The van der Waals surface area contributed by atoms with Gasteiger partial charge in [-0.1, -0.05) is 6.07 Å². The first kappa shape index (κ1) is 15.8. The molecule has 1 amide bonds. The number of nitrogens with zero attached hydrogens (tertiary/aromatic N) is 2. The summed E-state index contributed by atoms with van der Waals surface area (Å²) in [6.07, 6.45) is 5.37. The number of pyridine rings is 1. The van der Waals surface area contributed by atoms with Gasteiger partial charge in [0.2, 0.25) is 11.7 Å². The van der Waals surface area contributed by atoms with Crippen molar-refractivity contribution in [2.75, 3.05) is 13.1 Å². The molecule has 1 aromatic carbocycles. The van der Waals surface area contributed by atoms with Gasteiger partial charge in [0.1, 0.15) is 5.75 Å². The Morgan fingerprint density at radius 3 is 2.73 bits per heavy atom. The summed E-state index contributed by atoms with van der Waals surface area (Å²) in [5.41, 5.74) is 3.06. The zero-order valence-electron chi connectivity index (χ0n) is 14.7. The molecule has 0 N–H and O–H groups in total. The first-order chi connectivity index (χ1) is 12.7. The molecule has 0 radical (unpaired) electrons. The van der Waals surface area contributed by atoms with E-state index in [0.717, 1.165) is 61.3 Å². The third kappa shape index (κ3) is 2.86. The molecule has 0 atom stereocenters. The Hall–Kier alpha value is -2.40. The molecule has 3 aliphatic rings. The lowest BCUT2D eigenvalue weighted by Gasteiger charge is -2.44. The Morgan fingerprint density at radius 2 is 2.00 bits per heavy atom. The highest BCUT2D eigenvalue weighted by molar-refractivity contribution is 5.81. The monoisotopic (exact) mass is 350 g/mol. The van der Waals surface area contributed by atoms with Crippen molar-refractivity contribution >= 4 is 5.91 Å². The Balaban J connectivity index is 1.30. The van der Waals surface area contributed by atoms with Gasteiger partial charge in [-0.15, -0.1) is 0 Å². The summed E-state index contributed by atoms with van der Waals surface area (Å²) in [6, 6.07) is 12.1. The van der Waals surface area contributed by atoms with E-state index in [4.69, 9.17) is 9.47 Å². The predicted molar refractivity (Wildman–Crippen MR) is 96.4 cm³/mol. The number of fused-ring (bicyclic) bond motifs is 1. The van der Waals surface area contributed by atoms with Crippen LogP contribution >= 0.6 is 0 Å². The lowest BCUT2D eigenvalue weighted by atomic mass is 10.00. The summed E-state index contributed by atoms with van der Waals surface area (Å²) in [4.78, 5) is 18.6. The number of piperidine rings is 1. The molecular formula is C21H22N2O3. The number of amides is 1. The van der Waals surface area contributed by atoms with E-state index >= 15 is 0 Å². The Bertz CT molecular complexity index is 824. The largest absolute Gasteiger partial charge is 0.462 e. The van der Waals surface area contributed by atoms with Crippen LogP contribution in [0.3, 0.4) is 0 Å². The summed E-state index contributed by atoms with van der Waals surface area (Å²) >= 11 is 0. The minimum absolute atomic E-state index is 0.281. The van der Waals surface area contributed by atoms with Crippen molar-refractivity contribution in [1.82, 2.24) is 9.88 Å². The van der Waals surface area contributed by atoms with Crippen molar-refractivity contribution < 1.29 is 14.3 Å². The zero-order chi connectivity index (χ0) is 17.6. The summed E-state index contributed by atoms with van der Waals surface area (Å²) in [7, 11) is 0. The maximum absolute atomic E-state index is 12.2. The second-order valence-electron chi connectivity index (χ2n) is 7.44. The molecule has 1 saturated heterocycles. The van der Waals surface area contributed by atoms with E-state index in [1.165, 1.54) is 0 Å². The quantitative estimate of drug-likeness (QED) is 0.833. The number of rotatable bonds is 2. The highest BCUT2D eigenvalue weighted by Gasteiger charge is 2.43. The van der Waals surface area contributed by atoms with Gasteiger partial charge in [0.05, 0.1) is 12.3 Å². The van der Waals surface area contributed by atoms with E-state index in [-0.39, 0.29) is 5.92 Å². The average molecular weight is 350 g/mol. The number of ether oxygens (including phenoxy) is 2. The molecule has 5 rings (SSSR count). The van der Waals surface area contributed by atoms with Crippen LogP contribution in [0.4, 0.5) is 0 Å². The smallest absolute Gasteiger partial charge is 0.225 e. The molecule has 2 aromatic rings. The molecule has 1 aliphatic carbocycles. The van der Waals surface area contributed by atoms with Crippen LogP contribution in [0.2, 0.25) is 0 Å². The molecule has 2 aliphatic heterocycles. The van der Waals surface area contributed by atoms with Crippen LogP contribution in [0.5, 0.6) is 5.75 Å². The summed E-state index contributed by atoms with van der Waals surface area (Å²) in [5, 5.41) is 0. The summed E-state index contributed by atoms with van der Waals surface area (Å²) in [5.74, 6) is 0.900. The third-order valence-corrected chi connectivity index (χ3v) is 5.57. The van der Waals surface area contributed by atoms with Crippen LogP contribution in [0, 0.1) is 5.92 Å². The third-order valence-electron chi connectivity index (χ3n) is 5.57. The van der Waals surface area contributed by atoms with Gasteiger partial charge in [0.15, 0.2) is 0 Å². The molecule has 1 aromatic heterocycles. The van der Waals surface area contributed by atoms with Crippen LogP contribution in [-0.4, -0.2) is 34.7 Å². The van der Waals surface area contributed by atoms with Gasteiger partial charge in [0.25, 0.3) is 0 Å². The molecule has 134 valence electrons. The lowest BCUT2D eigenvalue weighted by Crippen LogP contribution is -2.52. The van der Waals surface area contributed by atoms with Crippen molar-refractivity contribution in [2.45, 2.75) is 38.1 Å². The van der Waals surface area contributed by atoms with Gasteiger partial charge >= 0.3 is 0 Å². The number of hydrogen-bond acceptors (Lipinski definition) is 4. The SMILES string of the molecule is O=C(C1CC1)N1CCC2(CC1)OCc1cc(-c3ccccn3)ccc1O2. The van der Waals surface area contributed by atoms with Crippen molar-refractivity contribution in [3.8, 4) is 17.0 Å². The molecule has 5 nitrogen and oxygen atoms in total. The van der Waals surface area contributed by atoms with Crippen LogP contribution in [0.1, 0.15) is 31.2 Å².